The molecule has 0 amide bonds. The molecular weight excluding hydrogens is 192 g/mol. The predicted octanol–water partition coefficient (Wildman–Crippen LogP) is 2.29. The summed E-state index contributed by atoms with van der Waals surface area (Å²) in [6, 6.07) is 5.61. The molecule has 0 radical (unpaired) electrons. The van der Waals surface area contributed by atoms with Crippen molar-refractivity contribution in [3.63, 3.8) is 0 Å². The van der Waals surface area contributed by atoms with Gasteiger partial charge in [-0.3, -0.25) is 0 Å². The molecule has 1 aromatic carbocycles. The van der Waals surface area contributed by atoms with Gasteiger partial charge in [-0.1, -0.05) is 25.5 Å². The Morgan fingerprint density at radius 3 is 2.93 bits per heavy atom. The van der Waals surface area contributed by atoms with Crippen LogP contribution in [0.1, 0.15) is 31.4 Å². The highest BCUT2D eigenvalue weighted by molar-refractivity contribution is 5.50. The quantitative estimate of drug-likeness (QED) is 0.828. The van der Waals surface area contributed by atoms with E-state index in [4.69, 9.17) is 9.47 Å². The van der Waals surface area contributed by atoms with Crippen LogP contribution in [-0.4, -0.2) is 18.3 Å². The molecule has 1 aliphatic rings. The third-order valence-electron chi connectivity index (χ3n) is 2.74. The molecule has 0 saturated heterocycles. The number of aliphatic hydroxyl groups is 1. The van der Waals surface area contributed by atoms with Crippen LogP contribution in [-0.2, 0) is 0 Å². The second kappa shape index (κ2) is 4.11. The minimum absolute atomic E-state index is 0.124. The fourth-order valence-electron chi connectivity index (χ4n) is 1.97. The van der Waals surface area contributed by atoms with Crippen molar-refractivity contribution < 1.29 is 14.6 Å². The molecule has 1 aliphatic heterocycles. The molecule has 0 saturated carbocycles. The van der Waals surface area contributed by atoms with Crippen LogP contribution in [0.25, 0.3) is 0 Å². The highest BCUT2D eigenvalue weighted by Gasteiger charge is 2.33. The third-order valence-corrected chi connectivity index (χ3v) is 2.74. The maximum absolute atomic E-state index is 10.0. The van der Waals surface area contributed by atoms with E-state index < -0.39 is 6.10 Å². The molecular formula is C12H16O3. The summed E-state index contributed by atoms with van der Waals surface area (Å²) >= 11 is 0. The highest BCUT2D eigenvalue weighted by Crippen LogP contribution is 2.43. The number of methoxy groups -OCH3 is 1. The largest absolute Gasteiger partial charge is 0.493 e. The number of fused-ring (bicyclic) bond motifs is 1. The monoisotopic (exact) mass is 208 g/mol. The molecule has 2 atom stereocenters. The lowest BCUT2D eigenvalue weighted by Gasteiger charge is -2.12. The Labute approximate surface area is 89.6 Å². The van der Waals surface area contributed by atoms with E-state index in [0.717, 1.165) is 18.4 Å². The lowest BCUT2D eigenvalue weighted by molar-refractivity contribution is 0.0607. The van der Waals surface area contributed by atoms with Crippen LogP contribution in [0.15, 0.2) is 18.2 Å². The van der Waals surface area contributed by atoms with Crippen molar-refractivity contribution in [1.29, 1.82) is 0 Å². The number of rotatable bonds is 3. The fourth-order valence-corrected chi connectivity index (χ4v) is 1.97. The molecule has 15 heavy (non-hydrogen) atoms. The highest BCUT2D eigenvalue weighted by atomic mass is 16.5. The summed E-state index contributed by atoms with van der Waals surface area (Å²) in [5.74, 6) is 1.40. The standard InChI is InChI=1S/C12H16O3/c1-3-5-9-11(13)8-6-4-7-10(14-2)12(8)15-9/h4,6-7,9,11,13H,3,5H2,1-2H3. The van der Waals surface area contributed by atoms with Gasteiger partial charge in [0.2, 0.25) is 0 Å². The smallest absolute Gasteiger partial charge is 0.167 e. The second-order valence-electron chi connectivity index (χ2n) is 3.77. The molecule has 1 N–H and O–H groups in total. The van der Waals surface area contributed by atoms with Gasteiger partial charge in [-0.25, -0.2) is 0 Å². The first-order valence-electron chi connectivity index (χ1n) is 5.29. The Hall–Kier alpha value is -1.22. The topological polar surface area (TPSA) is 38.7 Å². The number of hydrogen-bond acceptors (Lipinski definition) is 3. The van der Waals surface area contributed by atoms with E-state index in [-0.39, 0.29) is 6.10 Å². The second-order valence-corrected chi connectivity index (χ2v) is 3.77. The molecule has 3 nitrogen and oxygen atoms in total. The van der Waals surface area contributed by atoms with E-state index in [1.807, 2.05) is 18.2 Å². The lowest BCUT2D eigenvalue weighted by Crippen LogP contribution is -2.17. The number of para-hydroxylation sites is 1. The van der Waals surface area contributed by atoms with Crippen molar-refractivity contribution in [3.05, 3.63) is 23.8 Å². The van der Waals surface area contributed by atoms with Gasteiger partial charge in [0.1, 0.15) is 12.2 Å². The van der Waals surface area contributed by atoms with Gasteiger partial charge >= 0.3 is 0 Å². The minimum Gasteiger partial charge on any atom is -0.493 e. The normalized spacial score (nSPS) is 23.4. The third kappa shape index (κ3) is 1.67. The van der Waals surface area contributed by atoms with Gasteiger partial charge in [0.05, 0.1) is 7.11 Å². The summed E-state index contributed by atoms with van der Waals surface area (Å²) in [5, 5.41) is 10.0. The van der Waals surface area contributed by atoms with E-state index in [2.05, 4.69) is 6.92 Å². The molecule has 0 fully saturated rings. The Bertz CT molecular complexity index is 349. The number of aliphatic hydroxyl groups excluding tert-OH is 1. The Morgan fingerprint density at radius 2 is 2.27 bits per heavy atom. The van der Waals surface area contributed by atoms with Crippen molar-refractivity contribution in [2.24, 2.45) is 0 Å². The molecule has 3 heteroatoms. The number of ether oxygens (including phenoxy) is 2. The Balaban J connectivity index is 2.31. The van der Waals surface area contributed by atoms with Crippen LogP contribution < -0.4 is 9.47 Å². The summed E-state index contributed by atoms with van der Waals surface area (Å²) < 4.78 is 10.9. The molecule has 0 aliphatic carbocycles. The van der Waals surface area contributed by atoms with Gasteiger partial charge in [0, 0.05) is 5.56 Å². The molecule has 2 rings (SSSR count). The van der Waals surface area contributed by atoms with Crippen LogP contribution in [0, 0.1) is 0 Å². The summed E-state index contributed by atoms with van der Waals surface area (Å²) in [6.07, 6.45) is 1.22. The minimum atomic E-state index is -0.518. The van der Waals surface area contributed by atoms with Crippen LogP contribution in [0.2, 0.25) is 0 Å². The maximum atomic E-state index is 10.0. The SMILES string of the molecule is CCCC1Oc2c(OC)cccc2C1O. The summed E-state index contributed by atoms with van der Waals surface area (Å²) in [6.45, 7) is 2.08. The lowest BCUT2D eigenvalue weighted by atomic mass is 10.0. The van der Waals surface area contributed by atoms with Gasteiger partial charge in [-0.05, 0) is 12.5 Å². The summed E-state index contributed by atoms with van der Waals surface area (Å²) in [4.78, 5) is 0. The maximum Gasteiger partial charge on any atom is 0.167 e. The number of benzene rings is 1. The zero-order chi connectivity index (χ0) is 10.8. The zero-order valence-electron chi connectivity index (χ0n) is 9.06. The molecule has 2 unspecified atom stereocenters. The molecule has 0 spiro atoms. The van der Waals surface area contributed by atoms with Gasteiger partial charge < -0.3 is 14.6 Å². The van der Waals surface area contributed by atoms with E-state index in [1.165, 1.54) is 0 Å². The van der Waals surface area contributed by atoms with Crippen LogP contribution in [0.4, 0.5) is 0 Å². The van der Waals surface area contributed by atoms with Gasteiger partial charge in [0.15, 0.2) is 11.5 Å². The Morgan fingerprint density at radius 1 is 1.47 bits per heavy atom. The molecule has 82 valence electrons. The first-order valence-corrected chi connectivity index (χ1v) is 5.29. The first kappa shape index (κ1) is 10.3. The molecule has 1 heterocycles. The number of hydrogen-bond donors (Lipinski definition) is 1. The zero-order valence-corrected chi connectivity index (χ0v) is 9.06. The van der Waals surface area contributed by atoms with Crippen molar-refractivity contribution >= 4 is 0 Å². The van der Waals surface area contributed by atoms with Crippen LogP contribution >= 0.6 is 0 Å². The van der Waals surface area contributed by atoms with Gasteiger partial charge in [0.25, 0.3) is 0 Å². The van der Waals surface area contributed by atoms with Crippen molar-refractivity contribution in [3.8, 4) is 11.5 Å². The van der Waals surface area contributed by atoms with Crippen molar-refractivity contribution in [2.45, 2.75) is 32.0 Å². The average Bonchev–Trinajstić information content (AvgIpc) is 2.57. The van der Waals surface area contributed by atoms with Crippen molar-refractivity contribution in [2.75, 3.05) is 7.11 Å². The summed E-state index contributed by atoms with van der Waals surface area (Å²) in [7, 11) is 1.61. The van der Waals surface area contributed by atoms with E-state index >= 15 is 0 Å². The molecule has 0 aromatic heterocycles. The predicted molar refractivity (Wildman–Crippen MR) is 57.3 cm³/mol. The van der Waals surface area contributed by atoms with E-state index in [9.17, 15) is 5.11 Å². The molecule has 0 bridgehead atoms. The molecule has 1 aromatic rings. The summed E-state index contributed by atoms with van der Waals surface area (Å²) in [5.41, 5.74) is 0.841. The van der Waals surface area contributed by atoms with Gasteiger partial charge in [-0.2, -0.15) is 0 Å². The average molecular weight is 208 g/mol. The first-order chi connectivity index (χ1) is 7.27. The fraction of sp³-hybridized carbons (Fsp3) is 0.500. The van der Waals surface area contributed by atoms with E-state index in [0.29, 0.717) is 11.5 Å². The van der Waals surface area contributed by atoms with Crippen molar-refractivity contribution in [1.82, 2.24) is 0 Å². The Kier molecular flexibility index (Phi) is 2.82. The van der Waals surface area contributed by atoms with Gasteiger partial charge in [-0.15, -0.1) is 0 Å². The van der Waals surface area contributed by atoms with Crippen LogP contribution in [0.3, 0.4) is 0 Å². The van der Waals surface area contributed by atoms with E-state index in [1.54, 1.807) is 7.11 Å². The van der Waals surface area contributed by atoms with Crippen LogP contribution in [0.5, 0.6) is 11.5 Å².